The number of fused-ring (bicyclic) bond motifs is 5. The summed E-state index contributed by atoms with van der Waals surface area (Å²) in [6.07, 6.45) is 11.8. The first kappa shape index (κ1) is 26.0. The van der Waals surface area contributed by atoms with Crippen LogP contribution in [0.25, 0.3) is 0 Å². The molecule has 1 aliphatic heterocycles. The Kier molecular flexibility index (Phi) is 6.48. The highest BCUT2D eigenvalue weighted by atomic mass is 16.6. The van der Waals surface area contributed by atoms with Gasteiger partial charge in [-0.15, -0.1) is 0 Å². The third kappa shape index (κ3) is 3.81. The summed E-state index contributed by atoms with van der Waals surface area (Å²) in [7, 11) is 0. The number of rotatable bonds is 4. The summed E-state index contributed by atoms with van der Waals surface area (Å²) in [6, 6.07) is 0. The molecule has 4 aliphatic carbocycles. The van der Waals surface area contributed by atoms with Crippen molar-refractivity contribution in [1.82, 2.24) is 0 Å². The minimum absolute atomic E-state index is 0.0603. The van der Waals surface area contributed by atoms with Crippen LogP contribution < -0.4 is 0 Å². The molecule has 200 valence electrons. The number of hydrogen-bond acceptors (Lipinski definition) is 5. The van der Waals surface area contributed by atoms with E-state index in [4.69, 9.17) is 9.47 Å². The topological polar surface area (TPSA) is 69.7 Å². The maximum Gasteiger partial charge on any atom is 0.309 e. The first-order chi connectivity index (χ1) is 16.9. The standard InChI is InChI=1S/C31H46O5/c1-18(2)31(19(3)35-20(4)32)16-12-24(28(34)36-31)26-10-9-25-23-8-7-21-17-22(33)11-14-29(21,5)27(23)13-15-30(25,26)6/h17-19,23-27H,7-16H2,1-6H3/t19-,23?,24-,25?,26-,27?,29+,30+,31+/m1/s1. The Hall–Kier alpha value is -1.65. The van der Waals surface area contributed by atoms with Crippen molar-refractivity contribution in [1.29, 1.82) is 0 Å². The van der Waals surface area contributed by atoms with Gasteiger partial charge in [-0.25, -0.2) is 0 Å². The molecule has 0 N–H and O–H groups in total. The quantitative estimate of drug-likeness (QED) is 0.418. The summed E-state index contributed by atoms with van der Waals surface area (Å²) < 4.78 is 11.8. The Labute approximate surface area is 217 Å². The summed E-state index contributed by atoms with van der Waals surface area (Å²) in [6.45, 7) is 12.3. The minimum Gasteiger partial charge on any atom is -0.459 e. The molecule has 3 saturated carbocycles. The molecule has 0 aromatic carbocycles. The van der Waals surface area contributed by atoms with Crippen molar-refractivity contribution in [3.05, 3.63) is 11.6 Å². The van der Waals surface area contributed by atoms with Crippen molar-refractivity contribution in [3.8, 4) is 0 Å². The van der Waals surface area contributed by atoms with Crippen LogP contribution in [0.15, 0.2) is 11.6 Å². The van der Waals surface area contributed by atoms with Gasteiger partial charge >= 0.3 is 11.9 Å². The Balaban J connectivity index is 1.35. The van der Waals surface area contributed by atoms with E-state index in [1.54, 1.807) is 0 Å². The van der Waals surface area contributed by atoms with Gasteiger partial charge < -0.3 is 9.47 Å². The highest BCUT2D eigenvalue weighted by Crippen LogP contribution is 2.68. The predicted octanol–water partition coefficient (Wildman–Crippen LogP) is 6.43. The molecule has 9 atom stereocenters. The third-order valence-electron chi connectivity index (χ3n) is 12.0. The van der Waals surface area contributed by atoms with E-state index in [0.29, 0.717) is 35.9 Å². The number of allylic oxidation sites excluding steroid dienone is 1. The smallest absolute Gasteiger partial charge is 0.309 e. The highest BCUT2D eigenvalue weighted by molar-refractivity contribution is 5.91. The van der Waals surface area contributed by atoms with Gasteiger partial charge in [0.25, 0.3) is 0 Å². The molecular formula is C31H46O5. The zero-order chi connectivity index (χ0) is 26.0. The second-order valence-corrected chi connectivity index (χ2v) is 13.6. The van der Waals surface area contributed by atoms with E-state index in [2.05, 4.69) is 27.7 Å². The first-order valence-corrected chi connectivity index (χ1v) is 14.6. The molecular weight excluding hydrogens is 452 g/mol. The summed E-state index contributed by atoms with van der Waals surface area (Å²) in [5.41, 5.74) is 1.03. The van der Waals surface area contributed by atoms with E-state index in [9.17, 15) is 14.4 Å². The Bertz CT molecular complexity index is 966. The molecule has 36 heavy (non-hydrogen) atoms. The van der Waals surface area contributed by atoms with Gasteiger partial charge in [-0.2, -0.15) is 0 Å². The van der Waals surface area contributed by atoms with E-state index in [0.717, 1.165) is 32.1 Å². The Morgan fingerprint density at radius 1 is 0.944 bits per heavy atom. The van der Waals surface area contributed by atoms with Gasteiger partial charge in [-0.1, -0.05) is 33.3 Å². The van der Waals surface area contributed by atoms with E-state index in [1.165, 1.54) is 38.2 Å². The predicted molar refractivity (Wildman–Crippen MR) is 138 cm³/mol. The molecule has 1 saturated heterocycles. The maximum absolute atomic E-state index is 13.7. The van der Waals surface area contributed by atoms with Gasteiger partial charge in [0, 0.05) is 13.3 Å². The molecule has 5 rings (SSSR count). The molecule has 0 radical (unpaired) electrons. The molecule has 1 heterocycles. The zero-order valence-electron chi connectivity index (χ0n) is 23.2. The number of ether oxygens (including phenoxy) is 2. The van der Waals surface area contributed by atoms with Crippen molar-refractivity contribution < 1.29 is 23.9 Å². The van der Waals surface area contributed by atoms with Crippen LogP contribution in [0.4, 0.5) is 0 Å². The summed E-state index contributed by atoms with van der Waals surface area (Å²) in [5, 5.41) is 0. The van der Waals surface area contributed by atoms with Gasteiger partial charge in [-0.3, -0.25) is 14.4 Å². The van der Waals surface area contributed by atoms with Crippen LogP contribution in [0.5, 0.6) is 0 Å². The van der Waals surface area contributed by atoms with Gasteiger partial charge in [-0.05, 0) is 111 Å². The lowest BCUT2D eigenvalue weighted by Gasteiger charge is -2.58. The molecule has 0 spiro atoms. The maximum atomic E-state index is 13.7. The number of carbonyl (C=O) groups excluding carboxylic acids is 3. The monoisotopic (exact) mass is 498 g/mol. The fourth-order valence-corrected chi connectivity index (χ4v) is 9.95. The van der Waals surface area contributed by atoms with Crippen LogP contribution in [0.2, 0.25) is 0 Å². The normalized spacial score (nSPS) is 45.2. The van der Waals surface area contributed by atoms with Crippen LogP contribution in [-0.2, 0) is 23.9 Å². The SMILES string of the molecule is CC(=O)O[C@H](C)[C@@]1(C(C)C)CC[C@H]([C@H]2CCC3C4CCC5=CC(=O)CC[C@]5(C)C4CC[C@@]32C)C(=O)O1. The third-order valence-corrected chi connectivity index (χ3v) is 12.0. The molecule has 0 bridgehead atoms. The number of carbonyl (C=O) groups is 3. The molecule has 3 unspecified atom stereocenters. The first-order valence-electron chi connectivity index (χ1n) is 14.6. The van der Waals surface area contributed by atoms with Crippen molar-refractivity contribution in [3.63, 3.8) is 0 Å². The van der Waals surface area contributed by atoms with Gasteiger partial charge in [0.1, 0.15) is 6.10 Å². The van der Waals surface area contributed by atoms with Gasteiger partial charge in [0.05, 0.1) is 5.92 Å². The number of esters is 2. The highest BCUT2D eigenvalue weighted by Gasteiger charge is 2.62. The molecule has 5 heteroatoms. The summed E-state index contributed by atoms with van der Waals surface area (Å²) >= 11 is 0. The lowest BCUT2D eigenvalue weighted by atomic mass is 9.46. The molecule has 0 amide bonds. The average Bonchev–Trinajstić information content (AvgIpc) is 3.15. The molecule has 0 aromatic rings. The van der Waals surface area contributed by atoms with Crippen LogP contribution in [0, 0.1) is 46.3 Å². The second kappa shape index (κ2) is 8.98. The van der Waals surface area contributed by atoms with Crippen LogP contribution in [-0.4, -0.2) is 29.4 Å². The lowest BCUT2D eigenvalue weighted by Crippen LogP contribution is -2.57. The van der Waals surface area contributed by atoms with Crippen LogP contribution in [0.3, 0.4) is 0 Å². The molecule has 5 nitrogen and oxygen atoms in total. The fraction of sp³-hybridized carbons (Fsp3) is 0.839. The summed E-state index contributed by atoms with van der Waals surface area (Å²) in [5.74, 6) is 2.31. The molecule has 5 aliphatic rings. The van der Waals surface area contributed by atoms with Gasteiger partial charge in [0.2, 0.25) is 0 Å². The number of cyclic esters (lactones) is 1. The minimum atomic E-state index is -0.741. The van der Waals surface area contributed by atoms with Crippen LogP contribution in [0.1, 0.15) is 106 Å². The second-order valence-electron chi connectivity index (χ2n) is 13.6. The number of hydrogen-bond donors (Lipinski definition) is 0. The average molecular weight is 499 g/mol. The van der Waals surface area contributed by atoms with E-state index >= 15 is 0 Å². The van der Waals surface area contributed by atoms with Crippen molar-refractivity contribution >= 4 is 17.7 Å². The van der Waals surface area contributed by atoms with Crippen molar-refractivity contribution in [2.45, 2.75) is 117 Å². The summed E-state index contributed by atoms with van der Waals surface area (Å²) in [4.78, 5) is 37.5. The van der Waals surface area contributed by atoms with Crippen molar-refractivity contribution in [2.24, 2.45) is 46.3 Å². The van der Waals surface area contributed by atoms with Crippen molar-refractivity contribution in [2.75, 3.05) is 0 Å². The lowest BCUT2D eigenvalue weighted by molar-refractivity contribution is -0.212. The largest absolute Gasteiger partial charge is 0.459 e. The van der Waals surface area contributed by atoms with Crippen LogP contribution >= 0.6 is 0 Å². The zero-order valence-corrected chi connectivity index (χ0v) is 23.2. The van der Waals surface area contributed by atoms with E-state index in [1.807, 2.05) is 13.0 Å². The van der Waals surface area contributed by atoms with E-state index < -0.39 is 11.7 Å². The Morgan fingerprint density at radius 2 is 1.67 bits per heavy atom. The van der Waals surface area contributed by atoms with E-state index in [-0.39, 0.29) is 34.6 Å². The Morgan fingerprint density at radius 3 is 2.33 bits per heavy atom. The fourth-order valence-electron chi connectivity index (χ4n) is 9.95. The number of ketones is 1. The molecule has 0 aromatic heterocycles. The van der Waals surface area contributed by atoms with Gasteiger partial charge in [0.15, 0.2) is 11.4 Å². The molecule has 4 fully saturated rings.